The van der Waals surface area contributed by atoms with Crippen molar-refractivity contribution in [3.8, 4) is 0 Å². The Balaban J connectivity index is 1.51. The molecule has 0 saturated carbocycles. The van der Waals surface area contributed by atoms with E-state index in [2.05, 4.69) is 10.3 Å². The Bertz CT molecular complexity index is 1210. The fourth-order valence-corrected chi connectivity index (χ4v) is 4.60. The van der Waals surface area contributed by atoms with Crippen LogP contribution in [0, 0.1) is 0 Å². The van der Waals surface area contributed by atoms with Crippen LogP contribution < -0.4 is 5.32 Å². The molecule has 35 heavy (non-hydrogen) atoms. The summed E-state index contributed by atoms with van der Waals surface area (Å²) in [4.78, 5) is 44.4. The van der Waals surface area contributed by atoms with Crippen molar-refractivity contribution in [1.82, 2.24) is 4.90 Å². The Morgan fingerprint density at radius 3 is 2.31 bits per heavy atom. The third kappa shape index (κ3) is 6.36. The van der Waals surface area contributed by atoms with Crippen LogP contribution in [0.25, 0.3) is 0 Å². The van der Waals surface area contributed by atoms with E-state index in [1.165, 1.54) is 11.8 Å². The van der Waals surface area contributed by atoms with Gasteiger partial charge >= 0.3 is 5.97 Å². The molecule has 7 nitrogen and oxygen atoms in total. The minimum Gasteiger partial charge on any atom is -0.462 e. The van der Waals surface area contributed by atoms with Crippen LogP contribution in [0.15, 0.2) is 89.9 Å². The van der Waals surface area contributed by atoms with Gasteiger partial charge in [0.25, 0.3) is 0 Å². The predicted molar refractivity (Wildman–Crippen MR) is 138 cm³/mol. The summed E-state index contributed by atoms with van der Waals surface area (Å²) in [6.45, 7) is 2.41. The summed E-state index contributed by atoms with van der Waals surface area (Å²) in [7, 11) is 0. The molecule has 1 aliphatic rings. The molecule has 3 aromatic rings. The number of carbonyl (C=O) groups excluding carboxylic acids is 3. The number of ether oxygens (including phenoxy) is 1. The molecule has 1 aliphatic heterocycles. The van der Waals surface area contributed by atoms with Crippen LogP contribution >= 0.6 is 11.8 Å². The quantitative estimate of drug-likeness (QED) is 0.473. The Morgan fingerprint density at radius 2 is 1.66 bits per heavy atom. The van der Waals surface area contributed by atoms with E-state index >= 15 is 0 Å². The smallest absolute Gasteiger partial charge is 0.338 e. The molecule has 0 bridgehead atoms. The highest BCUT2D eigenvalue weighted by molar-refractivity contribution is 8.15. The minimum atomic E-state index is -0.637. The van der Waals surface area contributed by atoms with E-state index in [9.17, 15) is 14.4 Å². The van der Waals surface area contributed by atoms with Gasteiger partial charge in [-0.2, -0.15) is 0 Å². The number of nitrogens with zero attached hydrogens (tertiary/aromatic N) is 2. The number of amidine groups is 1. The van der Waals surface area contributed by atoms with Gasteiger partial charge in [0, 0.05) is 12.1 Å². The van der Waals surface area contributed by atoms with Crippen molar-refractivity contribution in [2.75, 3.05) is 11.9 Å². The van der Waals surface area contributed by atoms with Gasteiger partial charge in [-0.25, -0.2) is 9.79 Å². The molecule has 3 aromatic carbocycles. The zero-order chi connectivity index (χ0) is 24.6. The first-order valence-electron chi connectivity index (χ1n) is 11.3. The highest BCUT2D eigenvalue weighted by atomic mass is 32.2. The first-order chi connectivity index (χ1) is 17.0. The number of nitrogens with one attached hydrogen (secondary N) is 1. The van der Waals surface area contributed by atoms with Crippen molar-refractivity contribution in [1.29, 1.82) is 0 Å². The van der Waals surface area contributed by atoms with Crippen LogP contribution in [0.1, 0.15) is 29.3 Å². The molecule has 1 atom stereocenters. The number of benzene rings is 3. The van der Waals surface area contributed by atoms with Gasteiger partial charge in [0.2, 0.25) is 11.8 Å². The Hall–Kier alpha value is -3.91. The van der Waals surface area contributed by atoms with Gasteiger partial charge in [-0.3, -0.25) is 14.5 Å². The average molecular weight is 488 g/mol. The van der Waals surface area contributed by atoms with E-state index in [0.29, 0.717) is 35.3 Å². The Morgan fingerprint density at radius 1 is 1.00 bits per heavy atom. The lowest BCUT2D eigenvalue weighted by Crippen LogP contribution is -2.44. The number of aliphatic imine (C=N–C) groups is 1. The molecule has 1 saturated heterocycles. The van der Waals surface area contributed by atoms with Crippen LogP contribution in [-0.4, -0.2) is 39.7 Å². The number of para-hydroxylation sites is 1. The summed E-state index contributed by atoms with van der Waals surface area (Å²) in [5.74, 6) is -0.883. The van der Waals surface area contributed by atoms with Gasteiger partial charge in [0.05, 0.1) is 24.4 Å². The number of rotatable bonds is 7. The van der Waals surface area contributed by atoms with Crippen LogP contribution in [0.3, 0.4) is 0 Å². The fraction of sp³-hybridized carbons (Fsp3) is 0.185. The van der Waals surface area contributed by atoms with Gasteiger partial charge in [-0.15, -0.1) is 0 Å². The summed E-state index contributed by atoms with van der Waals surface area (Å²) in [6.07, 6.45) is 0.0536. The lowest BCUT2D eigenvalue weighted by Gasteiger charge is -2.32. The summed E-state index contributed by atoms with van der Waals surface area (Å²) >= 11 is 1.27. The average Bonchev–Trinajstić information content (AvgIpc) is 2.87. The summed E-state index contributed by atoms with van der Waals surface area (Å²) in [5.41, 5.74) is 2.62. The standard InChI is InChI=1S/C27H25N3O4S/c1-2-34-26(33)20-13-15-22(16-14-20)28-25(32)23-17-24(31)30(18-19-9-5-3-6-10-19)27(35-23)29-21-11-7-4-8-12-21/h3-16,23H,2,17-18H2,1H3,(H,28,32)/t23-/m1/s1. The summed E-state index contributed by atoms with van der Waals surface area (Å²) < 4.78 is 4.98. The number of hydrogen-bond acceptors (Lipinski definition) is 6. The summed E-state index contributed by atoms with van der Waals surface area (Å²) in [6, 6.07) is 25.5. The maximum absolute atomic E-state index is 13.1. The molecule has 0 spiro atoms. The monoisotopic (exact) mass is 487 g/mol. The van der Waals surface area contributed by atoms with Crippen LogP contribution in [0.5, 0.6) is 0 Å². The second kappa shape index (κ2) is 11.5. The number of hydrogen-bond donors (Lipinski definition) is 1. The molecular weight excluding hydrogens is 462 g/mol. The van der Waals surface area contributed by atoms with E-state index in [1.54, 1.807) is 36.1 Å². The molecule has 1 N–H and O–H groups in total. The molecule has 1 heterocycles. The van der Waals surface area contributed by atoms with Gasteiger partial charge in [-0.05, 0) is 48.9 Å². The molecule has 178 valence electrons. The number of anilines is 1. The third-order valence-electron chi connectivity index (χ3n) is 5.26. The van der Waals surface area contributed by atoms with Crippen molar-refractivity contribution >= 4 is 46.1 Å². The van der Waals surface area contributed by atoms with Crippen molar-refractivity contribution in [3.63, 3.8) is 0 Å². The largest absolute Gasteiger partial charge is 0.462 e. The maximum atomic E-state index is 13.1. The first kappa shape index (κ1) is 24.2. The van der Waals surface area contributed by atoms with Crippen LogP contribution in [0.4, 0.5) is 11.4 Å². The van der Waals surface area contributed by atoms with Crippen molar-refractivity contribution in [3.05, 3.63) is 96.1 Å². The summed E-state index contributed by atoms with van der Waals surface area (Å²) in [5, 5.41) is 2.69. The first-order valence-corrected chi connectivity index (χ1v) is 12.1. The Labute approximate surface area is 208 Å². The molecule has 2 amide bonds. The predicted octanol–water partition coefficient (Wildman–Crippen LogP) is 5.02. The highest BCUT2D eigenvalue weighted by Gasteiger charge is 2.36. The molecule has 0 unspecified atom stereocenters. The Kier molecular flexibility index (Phi) is 7.95. The topological polar surface area (TPSA) is 88.1 Å². The van der Waals surface area contributed by atoms with Gasteiger partial charge in [-0.1, -0.05) is 60.3 Å². The van der Waals surface area contributed by atoms with Crippen molar-refractivity contribution in [2.45, 2.75) is 25.1 Å². The van der Waals surface area contributed by atoms with Gasteiger partial charge < -0.3 is 10.1 Å². The second-order valence-electron chi connectivity index (χ2n) is 7.79. The van der Waals surface area contributed by atoms with E-state index in [-0.39, 0.29) is 18.2 Å². The molecule has 4 rings (SSSR count). The number of thioether (sulfide) groups is 1. The number of carbonyl (C=O) groups is 3. The fourth-order valence-electron chi connectivity index (χ4n) is 3.50. The molecule has 0 aliphatic carbocycles. The van der Waals surface area contributed by atoms with Crippen LogP contribution in [-0.2, 0) is 20.9 Å². The molecule has 0 radical (unpaired) electrons. The zero-order valence-electron chi connectivity index (χ0n) is 19.2. The minimum absolute atomic E-state index is 0.0536. The normalized spacial score (nSPS) is 16.7. The lowest BCUT2D eigenvalue weighted by molar-refractivity contribution is -0.129. The third-order valence-corrected chi connectivity index (χ3v) is 6.45. The SMILES string of the molecule is CCOC(=O)c1ccc(NC(=O)[C@H]2CC(=O)N(Cc3ccccc3)C(=Nc3ccccc3)S2)cc1. The zero-order valence-corrected chi connectivity index (χ0v) is 20.0. The van der Waals surface area contributed by atoms with Gasteiger partial charge in [0.1, 0.15) is 5.25 Å². The van der Waals surface area contributed by atoms with E-state index in [0.717, 1.165) is 5.56 Å². The van der Waals surface area contributed by atoms with Crippen molar-refractivity contribution in [2.24, 2.45) is 4.99 Å². The molecule has 8 heteroatoms. The molecule has 0 aromatic heterocycles. The van der Waals surface area contributed by atoms with Gasteiger partial charge in [0.15, 0.2) is 5.17 Å². The lowest BCUT2D eigenvalue weighted by atomic mass is 10.2. The number of amides is 2. The number of esters is 1. The van der Waals surface area contributed by atoms with E-state index in [4.69, 9.17) is 4.74 Å². The molecule has 1 fully saturated rings. The molecular formula is C27H25N3O4S. The van der Waals surface area contributed by atoms with E-state index < -0.39 is 11.2 Å². The van der Waals surface area contributed by atoms with E-state index in [1.807, 2.05) is 60.7 Å². The highest BCUT2D eigenvalue weighted by Crippen LogP contribution is 2.31. The maximum Gasteiger partial charge on any atom is 0.338 e. The van der Waals surface area contributed by atoms with Crippen molar-refractivity contribution < 1.29 is 19.1 Å². The second-order valence-corrected chi connectivity index (χ2v) is 8.96. The van der Waals surface area contributed by atoms with Crippen LogP contribution in [0.2, 0.25) is 0 Å².